The van der Waals surface area contributed by atoms with Gasteiger partial charge in [0, 0.05) is 32.9 Å². The smallest absolute Gasteiger partial charge is 0.136 e. The Balaban J connectivity index is 1.22. The highest BCUT2D eigenvalue weighted by molar-refractivity contribution is 6.23. The number of anilines is 3. The van der Waals surface area contributed by atoms with E-state index in [0.717, 1.165) is 33.3 Å². The van der Waals surface area contributed by atoms with Crippen molar-refractivity contribution >= 4 is 82.1 Å². The average molecular weight is 696 g/mol. The minimum atomic E-state index is 0.460. The van der Waals surface area contributed by atoms with Gasteiger partial charge >= 0.3 is 0 Å². The van der Waals surface area contributed by atoms with E-state index >= 15 is 0 Å². The fraction of sp³-hybridized carbons (Fsp3) is 0.115. The van der Waals surface area contributed by atoms with Crippen LogP contribution in [0.2, 0.25) is 0 Å². The minimum Gasteiger partial charge on any atom is -0.456 e. The number of hydrogen-bond donors (Lipinski definition) is 0. The molecule has 0 spiro atoms. The molecule has 0 unspecified atom stereocenters. The first-order valence-electron chi connectivity index (χ1n) is 19.1. The first-order valence-corrected chi connectivity index (χ1v) is 19.1. The Morgan fingerprint density at radius 2 is 0.870 bits per heavy atom. The summed E-state index contributed by atoms with van der Waals surface area (Å²) in [4.78, 5) is 2.46. The van der Waals surface area contributed by atoms with Gasteiger partial charge in [-0.05, 0) is 127 Å². The molecule has 260 valence electrons. The summed E-state index contributed by atoms with van der Waals surface area (Å²) >= 11 is 0. The largest absolute Gasteiger partial charge is 0.456 e. The van der Waals surface area contributed by atoms with Crippen LogP contribution in [0.3, 0.4) is 0 Å². The van der Waals surface area contributed by atoms with Gasteiger partial charge in [0.05, 0.1) is 5.69 Å². The lowest BCUT2D eigenvalue weighted by atomic mass is 9.89. The summed E-state index contributed by atoms with van der Waals surface area (Å²) in [5.74, 6) is 0.920. The highest BCUT2D eigenvalue weighted by atomic mass is 16.3. The minimum absolute atomic E-state index is 0.460. The molecular weight excluding hydrogens is 655 g/mol. The number of fused-ring (bicyclic) bond motifs is 7. The Labute approximate surface area is 315 Å². The first kappa shape index (κ1) is 32.3. The molecule has 54 heavy (non-hydrogen) atoms. The summed E-state index contributed by atoms with van der Waals surface area (Å²) in [6, 6.07) is 60.5. The maximum Gasteiger partial charge on any atom is 0.136 e. The summed E-state index contributed by atoms with van der Waals surface area (Å²) in [5.41, 5.74) is 10.4. The molecule has 9 aromatic carbocycles. The van der Waals surface area contributed by atoms with Crippen LogP contribution in [-0.2, 0) is 0 Å². The van der Waals surface area contributed by atoms with Crippen LogP contribution in [0.15, 0.2) is 168 Å². The summed E-state index contributed by atoms with van der Waals surface area (Å²) < 4.78 is 6.53. The monoisotopic (exact) mass is 695 g/mol. The van der Waals surface area contributed by atoms with E-state index in [0.29, 0.717) is 11.8 Å². The molecule has 0 aliphatic carbocycles. The number of rotatable bonds is 6. The summed E-state index contributed by atoms with van der Waals surface area (Å²) in [5, 5.41) is 12.0. The van der Waals surface area contributed by atoms with Gasteiger partial charge in [0.15, 0.2) is 0 Å². The molecule has 0 bridgehead atoms. The highest BCUT2D eigenvalue weighted by Crippen LogP contribution is 2.49. The van der Waals surface area contributed by atoms with Gasteiger partial charge in [-0.2, -0.15) is 0 Å². The molecule has 0 aliphatic rings. The number of nitrogens with zero attached hydrogens (tertiary/aromatic N) is 1. The molecule has 0 fully saturated rings. The van der Waals surface area contributed by atoms with Crippen LogP contribution in [0.1, 0.15) is 50.7 Å². The van der Waals surface area contributed by atoms with E-state index in [1.165, 1.54) is 71.0 Å². The third kappa shape index (κ3) is 5.24. The predicted molar refractivity (Wildman–Crippen MR) is 232 cm³/mol. The van der Waals surface area contributed by atoms with E-state index in [-0.39, 0.29) is 0 Å². The van der Waals surface area contributed by atoms with Crippen molar-refractivity contribution in [1.82, 2.24) is 0 Å². The lowest BCUT2D eigenvalue weighted by molar-refractivity contribution is 0.669. The Morgan fingerprint density at radius 3 is 1.41 bits per heavy atom. The van der Waals surface area contributed by atoms with E-state index in [1.807, 2.05) is 0 Å². The fourth-order valence-electron chi connectivity index (χ4n) is 8.45. The van der Waals surface area contributed by atoms with Gasteiger partial charge in [-0.25, -0.2) is 0 Å². The quantitative estimate of drug-likeness (QED) is 0.161. The van der Waals surface area contributed by atoms with Crippen LogP contribution in [0, 0.1) is 0 Å². The van der Waals surface area contributed by atoms with E-state index in [9.17, 15) is 0 Å². The number of furan rings is 1. The van der Waals surface area contributed by atoms with Crippen molar-refractivity contribution < 1.29 is 4.42 Å². The zero-order valence-corrected chi connectivity index (χ0v) is 31.1. The summed E-state index contributed by atoms with van der Waals surface area (Å²) in [7, 11) is 0. The number of hydrogen-bond acceptors (Lipinski definition) is 2. The zero-order chi connectivity index (χ0) is 36.5. The van der Waals surface area contributed by atoms with Gasteiger partial charge in [-0.1, -0.05) is 131 Å². The topological polar surface area (TPSA) is 16.4 Å². The second kappa shape index (κ2) is 12.6. The van der Waals surface area contributed by atoms with Crippen molar-refractivity contribution in [2.75, 3.05) is 4.90 Å². The molecule has 0 atom stereocenters. The molecule has 1 heterocycles. The van der Waals surface area contributed by atoms with E-state index < -0.39 is 0 Å². The molecule has 10 aromatic rings. The van der Waals surface area contributed by atoms with Gasteiger partial charge in [0.2, 0.25) is 0 Å². The van der Waals surface area contributed by atoms with Crippen LogP contribution >= 0.6 is 0 Å². The van der Waals surface area contributed by atoms with Gasteiger partial charge in [-0.15, -0.1) is 0 Å². The average Bonchev–Trinajstić information content (AvgIpc) is 3.55. The van der Waals surface area contributed by atoms with Crippen LogP contribution in [0.25, 0.3) is 76.2 Å². The van der Waals surface area contributed by atoms with Crippen LogP contribution < -0.4 is 4.90 Å². The normalized spacial score (nSPS) is 12.0. The summed E-state index contributed by atoms with van der Waals surface area (Å²) in [6.07, 6.45) is 0. The van der Waals surface area contributed by atoms with E-state index in [1.54, 1.807) is 0 Å². The van der Waals surface area contributed by atoms with Crippen LogP contribution in [0.5, 0.6) is 0 Å². The molecule has 0 saturated carbocycles. The molecule has 0 aliphatic heterocycles. The second-order valence-corrected chi connectivity index (χ2v) is 15.4. The standard InChI is InChI=1S/C52H41NO/c1-32(2)34-17-22-41(23-18-34)53(42-24-19-35(20-25-42)33(3)4)52-45-15-9-7-13-43(45)51(44-14-8-10-16-46(44)52)38-21-26-49-47(29-38)48-30-39-27-36-11-5-6-12-37(36)28-40(39)31-50(48)54-49/h5-33H,1-4H3. The Bertz CT molecular complexity index is 2930. The van der Waals surface area contributed by atoms with Crippen LogP contribution in [-0.4, -0.2) is 0 Å². The SMILES string of the molecule is CC(C)c1ccc(N(c2ccc(C(C)C)cc2)c2c3ccccc3c(-c3ccc4oc5cc6cc7ccccc7cc6cc5c4c3)c3ccccc23)cc1. The predicted octanol–water partition coefficient (Wildman–Crippen LogP) is 15.6. The maximum absolute atomic E-state index is 6.53. The molecule has 1 aromatic heterocycles. The van der Waals surface area contributed by atoms with E-state index in [4.69, 9.17) is 4.42 Å². The first-order chi connectivity index (χ1) is 26.4. The lowest BCUT2D eigenvalue weighted by Gasteiger charge is -2.30. The van der Waals surface area contributed by atoms with Crippen molar-refractivity contribution in [1.29, 1.82) is 0 Å². The molecule has 10 rings (SSSR count). The van der Waals surface area contributed by atoms with Gasteiger partial charge in [-0.3, -0.25) is 0 Å². The lowest BCUT2D eigenvalue weighted by Crippen LogP contribution is -2.12. The fourth-order valence-corrected chi connectivity index (χ4v) is 8.45. The molecule has 0 N–H and O–H groups in total. The maximum atomic E-state index is 6.53. The van der Waals surface area contributed by atoms with Gasteiger partial charge in [0.25, 0.3) is 0 Å². The Morgan fingerprint density at radius 1 is 0.389 bits per heavy atom. The Kier molecular flexibility index (Phi) is 7.56. The van der Waals surface area contributed by atoms with E-state index in [2.05, 4.69) is 196 Å². The molecule has 2 heteroatoms. The van der Waals surface area contributed by atoms with Crippen molar-refractivity contribution in [3.8, 4) is 11.1 Å². The molecule has 0 radical (unpaired) electrons. The Hall–Kier alpha value is -6.38. The second-order valence-electron chi connectivity index (χ2n) is 15.4. The van der Waals surface area contributed by atoms with Crippen LogP contribution in [0.4, 0.5) is 17.1 Å². The zero-order valence-electron chi connectivity index (χ0n) is 31.1. The highest BCUT2D eigenvalue weighted by Gasteiger charge is 2.23. The van der Waals surface area contributed by atoms with Crippen molar-refractivity contribution in [2.24, 2.45) is 0 Å². The van der Waals surface area contributed by atoms with Crippen molar-refractivity contribution in [2.45, 2.75) is 39.5 Å². The molecule has 0 amide bonds. The third-order valence-electron chi connectivity index (χ3n) is 11.3. The summed E-state index contributed by atoms with van der Waals surface area (Å²) in [6.45, 7) is 9.02. The molecular formula is C52H41NO. The number of benzene rings is 9. The molecule has 2 nitrogen and oxygen atoms in total. The van der Waals surface area contributed by atoms with Crippen molar-refractivity contribution in [3.05, 3.63) is 175 Å². The molecule has 0 saturated heterocycles. The third-order valence-corrected chi connectivity index (χ3v) is 11.3. The van der Waals surface area contributed by atoms with Gasteiger partial charge < -0.3 is 9.32 Å². The van der Waals surface area contributed by atoms with Crippen molar-refractivity contribution in [3.63, 3.8) is 0 Å². The van der Waals surface area contributed by atoms with Gasteiger partial charge in [0.1, 0.15) is 11.2 Å².